The van der Waals surface area contributed by atoms with Crippen molar-refractivity contribution in [3.05, 3.63) is 65.9 Å². The minimum absolute atomic E-state index is 0.179. The van der Waals surface area contributed by atoms with E-state index < -0.39 is 0 Å². The van der Waals surface area contributed by atoms with Crippen LogP contribution in [0, 0.1) is 0 Å². The molecule has 136 valence electrons. The van der Waals surface area contributed by atoms with Crippen LogP contribution in [-0.2, 0) is 17.8 Å². The molecular formula is C22H26N2O2. The van der Waals surface area contributed by atoms with Crippen molar-refractivity contribution in [3.8, 4) is 5.75 Å². The lowest BCUT2D eigenvalue weighted by atomic mass is 10.1. The number of rotatable bonds is 8. The van der Waals surface area contributed by atoms with E-state index in [0.717, 1.165) is 29.7 Å². The maximum atomic E-state index is 12.4. The van der Waals surface area contributed by atoms with Crippen LogP contribution in [0.25, 0.3) is 10.9 Å². The number of hydrogen-bond donors (Lipinski definition) is 1. The number of carbonyl (C=O) groups is 1. The van der Waals surface area contributed by atoms with E-state index in [4.69, 9.17) is 4.74 Å². The van der Waals surface area contributed by atoms with Crippen molar-refractivity contribution in [2.75, 3.05) is 13.7 Å². The molecule has 2 aromatic carbocycles. The maximum Gasteiger partial charge on any atom is 0.222 e. The number of aromatic amines is 1. The average Bonchev–Trinajstić information content (AvgIpc) is 3.07. The summed E-state index contributed by atoms with van der Waals surface area (Å²) in [6.07, 6.45) is 4.38. The van der Waals surface area contributed by atoms with E-state index in [1.807, 2.05) is 44.3 Å². The van der Waals surface area contributed by atoms with Gasteiger partial charge in [-0.1, -0.05) is 30.3 Å². The lowest BCUT2D eigenvalue weighted by molar-refractivity contribution is -0.130. The lowest BCUT2D eigenvalue weighted by Crippen LogP contribution is -2.25. The van der Waals surface area contributed by atoms with Gasteiger partial charge in [-0.05, 0) is 49.1 Å². The SMILES string of the molecule is CCOc1ccc(CN(C)C(=O)CCCc2c[nH]c3ccccc23)cc1. The third-order valence-electron chi connectivity index (χ3n) is 4.59. The first-order valence-corrected chi connectivity index (χ1v) is 9.18. The highest BCUT2D eigenvalue weighted by atomic mass is 16.5. The second kappa shape index (κ2) is 8.56. The summed E-state index contributed by atoms with van der Waals surface area (Å²) in [5.74, 6) is 1.04. The summed E-state index contributed by atoms with van der Waals surface area (Å²) < 4.78 is 5.45. The van der Waals surface area contributed by atoms with Gasteiger partial charge in [-0.15, -0.1) is 0 Å². The van der Waals surface area contributed by atoms with Gasteiger partial charge in [0.05, 0.1) is 6.61 Å². The second-order valence-electron chi connectivity index (χ2n) is 6.54. The van der Waals surface area contributed by atoms with Gasteiger partial charge in [0.1, 0.15) is 5.75 Å². The molecule has 0 radical (unpaired) electrons. The van der Waals surface area contributed by atoms with Crippen LogP contribution in [0.2, 0.25) is 0 Å². The second-order valence-corrected chi connectivity index (χ2v) is 6.54. The summed E-state index contributed by atoms with van der Waals surface area (Å²) in [6, 6.07) is 16.2. The Morgan fingerprint density at radius 1 is 1.12 bits per heavy atom. The fraction of sp³-hybridized carbons (Fsp3) is 0.318. The predicted octanol–water partition coefficient (Wildman–Crippen LogP) is 4.55. The molecule has 1 amide bonds. The van der Waals surface area contributed by atoms with Gasteiger partial charge in [0.25, 0.3) is 0 Å². The minimum atomic E-state index is 0.179. The highest BCUT2D eigenvalue weighted by molar-refractivity contribution is 5.83. The van der Waals surface area contributed by atoms with Crippen LogP contribution in [0.3, 0.4) is 0 Å². The minimum Gasteiger partial charge on any atom is -0.494 e. The molecular weight excluding hydrogens is 324 g/mol. The molecule has 0 aliphatic carbocycles. The van der Waals surface area contributed by atoms with E-state index in [9.17, 15) is 4.79 Å². The van der Waals surface area contributed by atoms with Crippen LogP contribution in [0.4, 0.5) is 0 Å². The van der Waals surface area contributed by atoms with Gasteiger partial charge < -0.3 is 14.6 Å². The standard InChI is InChI=1S/C22H26N2O2/c1-3-26-19-13-11-17(12-14-19)16-24(2)22(25)10-6-7-18-15-23-21-9-5-4-8-20(18)21/h4-5,8-9,11-15,23H,3,6-7,10,16H2,1-2H3. The number of nitrogens with one attached hydrogen (secondary N) is 1. The first-order chi connectivity index (χ1) is 12.7. The molecule has 0 bridgehead atoms. The number of carbonyl (C=O) groups excluding carboxylic acids is 1. The zero-order valence-electron chi connectivity index (χ0n) is 15.5. The summed E-state index contributed by atoms with van der Waals surface area (Å²) in [7, 11) is 1.87. The van der Waals surface area contributed by atoms with E-state index in [-0.39, 0.29) is 5.91 Å². The Labute approximate surface area is 154 Å². The molecule has 0 atom stereocenters. The van der Waals surface area contributed by atoms with Gasteiger partial charge in [0.2, 0.25) is 5.91 Å². The molecule has 1 N–H and O–H groups in total. The van der Waals surface area contributed by atoms with Crippen molar-refractivity contribution in [1.82, 2.24) is 9.88 Å². The molecule has 0 fully saturated rings. The van der Waals surface area contributed by atoms with Gasteiger partial charge >= 0.3 is 0 Å². The zero-order valence-corrected chi connectivity index (χ0v) is 15.5. The van der Waals surface area contributed by atoms with Crippen molar-refractivity contribution < 1.29 is 9.53 Å². The number of fused-ring (bicyclic) bond motifs is 1. The molecule has 3 rings (SSSR count). The van der Waals surface area contributed by atoms with Crippen molar-refractivity contribution in [2.24, 2.45) is 0 Å². The topological polar surface area (TPSA) is 45.3 Å². The van der Waals surface area contributed by atoms with Gasteiger partial charge in [-0.2, -0.15) is 0 Å². The fourth-order valence-electron chi connectivity index (χ4n) is 3.18. The average molecular weight is 350 g/mol. The number of aryl methyl sites for hydroxylation is 1. The first-order valence-electron chi connectivity index (χ1n) is 9.18. The van der Waals surface area contributed by atoms with Gasteiger partial charge in [-0.3, -0.25) is 4.79 Å². The van der Waals surface area contributed by atoms with Gasteiger partial charge in [-0.25, -0.2) is 0 Å². The van der Waals surface area contributed by atoms with Crippen molar-refractivity contribution in [3.63, 3.8) is 0 Å². The Morgan fingerprint density at radius 2 is 1.88 bits per heavy atom. The Bertz CT molecular complexity index is 852. The molecule has 3 aromatic rings. The van der Waals surface area contributed by atoms with Crippen LogP contribution < -0.4 is 4.74 Å². The van der Waals surface area contributed by atoms with Crippen LogP contribution in [0.1, 0.15) is 30.9 Å². The predicted molar refractivity (Wildman–Crippen MR) is 105 cm³/mol. The normalized spacial score (nSPS) is 10.8. The smallest absolute Gasteiger partial charge is 0.222 e. The van der Waals surface area contributed by atoms with E-state index in [1.54, 1.807) is 4.90 Å². The Hall–Kier alpha value is -2.75. The van der Waals surface area contributed by atoms with E-state index in [0.29, 0.717) is 19.6 Å². The number of H-pyrrole nitrogens is 1. The summed E-state index contributed by atoms with van der Waals surface area (Å²) in [6.45, 7) is 3.25. The molecule has 4 heteroatoms. The zero-order chi connectivity index (χ0) is 18.4. The number of hydrogen-bond acceptors (Lipinski definition) is 2. The van der Waals surface area contributed by atoms with Crippen LogP contribution >= 0.6 is 0 Å². The highest BCUT2D eigenvalue weighted by Gasteiger charge is 2.10. The summed E-state index contributed by atoms with van der Waals surface area (Å²) in [5, 5.41) is 1.25. The molecule has 1 heterocycles. The highest BCUT2D eigenvalue weighted by Crippen LogP contribution is 2.20. The molecule has 1 aromatic heterocycles. The molecule has 0 aliphatic heterocycles. The van der Waals surface area contributed by atoms with E-state index in [1.165, 1.54) is 10.9 Å². The largest absolute Gasteiger partial charge is 0.494 e. The van der Waals surface area contributed by atoms with Crippen molar-refractivity contribution in [2.45, 2.75) is 32.7 Å². The quantitative estimate of drug-likeness (QED) is 0.648. The van der Waals surface area contributed by atoms with E-state index >= 15 is 0 Å². The summed E-state index contributed by atoms with van der Waals surface area (Å²) in [4.78, 5) is 17.5. The lowest BCUT2D eigenvalue weighted by Gasteiger charge is -2.17. The van der Waals surface area contributed by atoms with Gasteiger partial charge in [0, 0.05) is 37.1 Å². The monoisotopic (exact) mass is 350 g/mol. The summed E-state index contributed by atoms with van der Waals surface area (Å²) in [5.41, 5.74) is 3.55. The molecule has 0 aliphatic rings. The van der Waals surface area contributed by atoms with Crippen LogP contribution in [-0.4, -0.2) is 29.4 Å². The van der Waals surface area contributed by atoms with Gasteiger partial charge in [0.15, 0.2) is 0 Å². The molecule has 0 saturated carbocycles. The molecule has 0 saturated heterocycles. The first kappa shape index (κ1) is 18.1. The Kier molecular flexibility index (Phi) is 5.95. The molecule has 26 heavy (non-hydrogen) atoms. The summed E-state index contributed by atoms with van der Waals surface area (Å²) >= 11 is 0. The molecule has 4 nitrogen and oxygen atoms in total. The fourth-order valence-corrected chi connectivity index (χ4v) is 3.18. The Balaban J connectivity index is 1.48. The van der Waals surface area contributed by atoms with Crippen molar-refractivity contribution >= 4 is 16.8 Å². The van der Waals surface area contributed by atoms with Crippen LogP contribution in [0.5, 0.6) is 5.75 Å². The number of aromatic nitrogens is 1. The third-order valence-corrected chi connectivity index (χ3v) is 4.59. The number of benzene rings is 2. The van der Waals surface area contributed by atoms with E-state index in [2.05, 4.69) is 29.4 Å². The number of nitrogens with zero attached hydrogens (tertiary/aromatic N) is 1. The molecule has 0 unspecified atom stereocenters. The molecule has 0 spiro atoms. The third kappa shape index (κ3) is 4.45. The number of amides is 1. The van der Waals surface area contributed by atoms with Crippen LogP contribution in [0.15, 0.2) is 54.7 Å². The number of ether oxygens (including phenoxy) is 1. The Morgan fingerprint density at radius 3 is 2.65 bits per heavy atom. The number of para-hydroxylation sites is 1. The van der Waals surface area contributed by atoms with Crippen molar-refractivity contribution in [1.29, 1.82) is 0 Å². The maximum absolute atomic E-state index is 12.4.